The number of halogens is 1. The first-order valence-corrected chi connectivity index (χ1v) is 9.47. The smallest absolute Gasteiger partial charge is 0.250 e. The minimum absolute atomic E-state index is 0. The number of nitrogens with one attached hydrogen (secondary N) is 1. The quantitative estimate of drug-likeness (QED) is 0.189. The highest BCUT2D eigenvalue weighted by Gasteiger charge is 2.05. The third-order valence-electron chi connectivity index (χ3n) is 4.28. The molecule has 0 bridgehead atoms. The number of hydrogen-bond donors (Lipinski definition) is 1. The largest absolute Gasteiger partial charge is 0.357 e. The number of aliphatic imine (C=N–C) groups is 1. The van der Waals surface area contributed by atoms with Gasteiger partial charge in [-0.05, 0) is 37.0 Å². The summed E-state index contributed by atoms with van der Waals surface area (Å²) >= 11 is 0. The van der Waals surface area contributed by atoms with E-state index >= 15 is 0 Å². The molecule has 0 saturated carbocycles. The van der Waals surface area contributed by atoms with Gasteiger partial charge in [0.25, 0.3) is 5.56 Å². The molecule has 0 radical (unpaired) electrons. The van der Waals surface area contributed by atoms with Crippen molar-refractivity contribution in [1.29, 1.82) is 0 Å². The molecule has 5 nitrogen and oxygen atoms in total. The Morgan fingerprint density at radius 3 is 2.57 bits per heavy atom. The van der Waals surface area contributed by atoms with Gasteiger partial charge >= 0.3 is 0 Å². The van der Waals surface area contributed by atoms with Crippen LogP contribution >= 0.6 is 24.0 Å². The van der Waals surface area contributed by atoms with Gasteiger partial charge in [-0.3, -0.25) is 4.79 Å². The zero-order valence-corrected chi connectivity index (χ0v) is 19.1. The molecule has 1 aromatic heterocycles. The van der Waals surface area contributed by atoms with E-state index in [1.54, 1.807) is 16.7 Å². The Hall–Kier alpha value is -2.09. The number of unbranched alkanes of at least 4 members (excludes halogenated alkanes) is 1. The van der Waals surface area contributed by atoms with Crippen molar-refractivity contribution in [2.24, 2.45) is 4.99 Å². The molecule has 0 amide bonds. The predicted molar refractivity (Wildman–Crippen MR) is 129 cm³/mol. The Bertz CT molecular complexity index is 799. The van der Waals surface area contributed by atoms with Gasteiger partial charge < -0.3 is 14.8 Å². The molecule has 6 heteroatoms. The van der Waals surface area contributed by atoms with Crippen LogP contribution in [0.4, 0.5) is 0 Å². The molecule has 2 rings (SSSR count). The lowest BCUT2D eigenvalue weighted by molar-refractivity contribution is 0.470. The van der Waals surface area contributed by atoms with Crippen molar-refractivity contribution in [3.05, 3.63) is 82.8 Å². The van der Waals surface area contributed by atoms with E-state index in [0.717, 1.165) is 43.0 Å². The van der Waals surface area contributed by atoms with Crippen LogP contribution in [0, 0.1) is 0 Å². The van der Waals surface area contributed by atoms with Gasteiger partial charge in [0.05, 0.1) is 13.1 Å². The molecule has 0 aliphatic rings. The van der Waals surface area contributed by atoms with Crippen molar-refractivity contribution >= 4 is 29.9 Å². The number of guanidine groups is 1. The molecule has 0 fully saturated rings. The Balaban J connectivity index is 0.00000392. The van der Waals surface area contributed by atoms with Gasteiger partial charge in [-0.1, -0.05) is 36.4 Å². The van der Waals surface area contributed by atoms with E-state index in [0.29, 0.717) is 13.1 Å². The lowest BCUT2D eigenvalue weighted by Crippen LogP contribution is -2.39. The molecule has 0 spiro atoms. The van der Waals surface area contributed by atoms with Crippen molar-refractivity contribution in [2.75, 3.05) is 20.1 Å². The first-order chi connectivity index (χ1) is 13.1. The van der Waals surface area contributed by atoms with Crippen molar-refractivity contribution in [2.45, 2.75) is 32.9 Å². The third-order valence-corrected chi connectivity index (χ3v) is 4.28. The molecule has 0 aliphatic carbocycles. The summed E-state index contributed by atoms with van der Waals surface area (Å²) in [4.78, 5) is 18.7. The summed E-state index contributed by atoms with van der Waals surface area (Å²) < 4.78 is 1.70. The normalized spacial score (nSPS) is 10.9. The minimum atomic E-state index is 0. The van der Waals surface area contributed by atoms with Crippen LogP contribution in [0.5, 0.6) is 0 Å². The van der Waals surface area contributed by atoms with Crippen LogP contribution in [0.3, 0.4) is 0 Å². The van der Waals surface area contributed by atoms with E-state index in [1.165, 1.54) is 0 Å². The van der Waals surface area contributed by atoms with E-state index < -0.39 is 0 Å². The highest BCUT2D eigenvalue weighted by atomic mass is 127. The number of nitrogens with zero attached hydrogens (tertiary/aromatic N) is 3. The van der Waals surface area contributed by atoms with Gasteiger partial charge in [0, 0.05) is 32.4 Å². The Kier molecular flexibility index (Phi) is 11.2. The second-order valence-corrected chi connectivity index (χ2v) is 6.51. The Morgan fingerprint density at radius 2 is 1.93 bits per heavy atom. The monoisotopic (exact) mass is 494 g/mol. The summed E-state index contributed by atoms with van der Waals surface area (Å²) in [6.07, 6.45) is 5.84. The maximum absolute atomic E-state index is 11.8. The number of aromatic nitrogens is 1. The fraction of sp³-hybridized carbons (Fsp3) is 0.364. The average Bonchev–Trinajstić information content (AvgIpc) is 2.68. The summed E-state index contributed by atoms with van der Waals surface area (Å²) in [5.74, 6) is 0.918. The van der Waals surface area contributed by atoms with E-state index in [2.05, 4.69) is 55.0 Å². The highest BCUT2D eigenvalue weighted by Crippen LogP contribution is 2.07. The number of hydrogen-bond acceptors (Lipinski definition) is 2. The topological polar surface area (TPSA) is 49.6 Å². The van der Waals surface area contributed by atoms with Crippen LogP contribution in [-0.4, -0.2) is 35.6 Å². The second kappa shape index (κ2) is 13.1. The maximum Gasteiger partial charge on any atom is 0.250 e. The Morgan fingerprint density at radius 1 is 1.21 bits per heavy atom. The predicted octanol–water partition coefficient (Wildman–Crippen LogP) is 3.88. The minimum Gasteiger partial charge on any atom is -0.357 e. The third kappa shape index (κ3) is 7.88. The average molecular weight is 494 g/mol. The fourth-order valence-electron chi connectivity index (χ4n) is 2.75. The van der Waals surface area contributed by atoms with Gasteiger partial charge in [-0.15, -0.1) is 30.6 Å². The first kappa shape index (κ1) is 23.9. The van der Waals surface area contributed by atoms with Crippen LogP contribution < -0.4 is 10.9 Å². The molecule has 1 aromatic carbocycles. The zero-order chi connectivity index (χ0) is 19.5. The summed E-state index contributed by atoms with van der Waals surface area (Å²) in [6.45, 7) is 8.84. The number of pyridine rings is 1. The highest BCUT2D eigenvalue weighted by molar-refractivity contribution is 14.0. The molecule has 2 aromatic rings. The molecular formula is C22H31IN4O. The summed E-state index contributed by atoms with van der Waals surface area (Å²) in [5, 5.41) is 3.34. The van der Waals surface area contributed by atoms with Crippen molar-refractivity contribution in [1.82, 2.24) is 14.8 Å². The Labute approximate surface area is 185 Å². The van der Waals surface area contributed by atoms with Gasteiger partial charge in [-0.2, -0.15) is 0 Å². The van der Waals surface area contributed by atoms with Gasteiger partial charge in [-0.25, -0.2) is 4.99 Å². The summed E-state index contributed by atoms with van der Waals surface area (Å²) in [7, 11) is 2.06. The van der Waals surface area contributed by atoms with Crippen LogP contribution in [0.2, 0.25) is 0 Å². The zero-order valence-electron chi connectivity index (χ0n) is 16.8. The van der Waals surface area contributed by atoms with Crippen LogP contribution in [0.15, 0.2) is 71.1 Å². The summed E-state index contributed by atoms with van der Waals surface area (Å²) in [6, 6.07) is 13.5. The molecule has 0 saturated heterocycles. The van der Waals surface area contributed by atoms with Crippen molar-refractivity contribution < 1.29 is 0 Å². The standard InChI is InChI=1S/C22H30N4O.HI/c1-4-6-8-15-25(3)22(23-5-2)24-17-19-11-13-20(14-12-19)18-26-16-9-7-10-21(26)27;/h4,7,9-14,16H,1,5-6,8,15,17-18H2,2-3H3,(H,23,24);1H. The van der Waals surface area contributed by atoms with Crippen LogP contribution in [-0.2, 0) is 13.1 Å². The maximum atomic E-state index is 11.8. The molecule has 0 atom stereocenters. The molecule has 1 heterocycles. The molecule has 152 valence electrons. The molecule has 0 unspecified atom stereocenters. The number of benzene rings is 1. The summed E-state index contributed by atoms with van der Waals surface area (Å²) in [5.41, 5.74) is 2.26. The van der Waals surface area contributed by atoms with Crippen LogP contribution in [0.25, 0.3) is 0 Å². The van der Waals surface area contributed by atoms with Gasteiger partial charge in [0.2, 0.25) is 0 Å². The van der Waals surface area contributed by atoms with Crippen molar-refractivity contribution in [3.63, 3.8) is 0 Å². The lowest BCUT2D eigenvalue weighted by Gasteiger charge is -2.21. The fourth-order valence-corrected chi connectivity index (χ4v) is 2.75. The van der Waals surface area contributed by atoms with Gasteiger partial charge in [0.1, 0.15) is 0 Å². The van der Waals surface area contributed by atoms with E-state index in [9.17, 15) is 4.79 Å². The molecule has 0 aliphatic heterocycles. The number of allylic oxidation sites excluding steroid dienone is 1. The SMILES string of the molecule is C=CCCCN(C)C(=NCc1ccc(Cn2ccccc2=O)cc1)NCC.I. The second-order valence-electron chi connectivity index (χ2n) is 6.51. The van der Waals surface area contributed by atoms with Crippen molar-refractivity contribution in [3.8, 4) is 0 Å². The molecule has 1 N–H and O–H groups in total. The van der Waals surface area contributed by atoms with E-state index in [4.69, 9.17) is 4.99 Å². The van der Waals surface area contributed by atoms with Crippen LogP contribution in [0.1, 0.15) is 30.9 Å². The van der Waals surface area contributed by atoms with E-state index in [1.807, 2.05) is 18.3 Å². The van der Waals surface area contributed by atoms with Gasteiger partial charge in [0.15, 0.2) is 5.96 Å². The molecular weight excluding hydrogens is 463 g/mol. The number of rotatable bonds is 9. The first-order valence-electron chi connectivity index (χ1n) is 9.47. The lowest BCUT2D eigenvalue weighted by atomic mass is 10.1. The van der Waals surface area contributed by atoms with E-state index in [-0.39, 0.29) is 29.5 Å². The molecule has 28 heavy (non-hydrogen) atoms.